The third-order valence-corrected chi connectivity index (χ3v) is 4.73. The van der Waals surface area contributed by atoms with Gasteiger partial charge in [-0.2, -0.15) is 0 Å². The lowest BCUT2D eigenvalue weighted by atomic mass is 9.62. The molecule has 0 bridgehead atoms. The van der Waals surface area contributed by atoms with E-state index in [9.17, 15) is 9.59 Å². The van der Waals surface area contributed by atoms with E-state index in [-0.39, 0.29) is 23.9 Å². The van der Waals surface area contributed by atoms with E-state index >= 15 is 0 Å². The van der Waals surface area contributed by atoms with E-state index in [1.165, 1.54) is 12.8 Å². The lowest BCUT2D eigenvalue weighted by molar-refractivity contribution is -0.138. The Hall–Kier alpha value is -1.12. The Morgan fingerprint density at radius 1 is 1.35 bits per heavy atom. The first-order valence-corrected chi connectivity index (χ1v) is 6.60. The molecule has 1 saturated heterocycles. The van der Waals surface area contributed by atoms with Crippen molar-refractivity contribution in [1.29, 1.82) is 0 Å². The minimum Gasteiger partial charge on any atom is -0.459 e. The molecule has 0 radical (unpaired) electrons. The van der Waals surface area contributed by atoms with Gasteiger partial charge >= 0.3 is 5.97 Å². The van der Waals surface area contributed by atoms with Gasteiger partial charge in [-0.1, -0.05) is 18.9 Å². The highest BCUT2D eigenvalue weighted by molar-refractivity contribution is 5.92. The molecule has 3 heteroatoms. The topological polar surface area (TPSA) is 43.4 Å². The van der Waals surface area contributed by atoms with Crippen LogP contribution in [0.3, 0.4) is 0 Å². The van der Waals surface area contributed by atoms with Crippen LogP contribution in [0.15, 0.2) is 11.6 Å². The Labute approximate surface area is 101 Å². The van der Waals surface area contributed by atoms with Crippen LogP contribution in [0.2, 0.25) is 0 Å². The lowest BCUT2D eigenvalue weighted by Gasteiger charge is -2.40. The molecule has 0 spiro atoms. The molecule has 3 rings (SSSR count). The van der Waals surface area contributed by atoms with E-state index in [0.717, 1.165) is 24.7 Å². The number of aldehydes is 1. The number of carbonyl (C=O) groups is 2. The van der Waals surface area contributed by atoms with Crippen molar-refractivity contribution in [2.24, 2.45) is 23.7 Å². The molecule has 0 amide bonds. The summed E-state index contributed by atoms with van der Waals surface area (Å²) in [5.74, 6) is 0.662. The fraction of sp³-hybridized carbons (Fsp3) is 0.714. The van der Waals surface area contributed by atoms with E-state index in [2.05, 4.69) is 6.08 Å². The smallest absolute Gasteiger partial charge is 0.334 e. The fourth-order valence-electron chi connectivity index (χ4n) is 3.95. The van der Waals surface area contributed by atoms with Crippen molar-refractivity contribution < 1.29 is 14.3 Å². The first-order chi connectivity index (χ1) is 8.22. The molecule has 1 saturated carbocycles. The molecule has 1 heterocycles. The molecule has 0 N–H and O–H groups in total. The second-order valence-corrected chi connectivity index (χ2v) is 5.58. The average molecular weight is 234 g/mol. The highest BCUT2D eigenvalue weighted by Crippen LogP contribution is 2.48. The van der Waals surface area contributed by atoms with Gasteiger partial charge in [0, 0.05) is 17.4 Å². The number of cyclic esters (lactones) is 1. The summed E-state index contributed by atoms with van der Waals surface area (Å²) in [5.41, 5.74) is 0.776. The summed E-state index contributed by atoms with van der Waals surface area (Å²) in [7, 11) is 0. The van der Waals surface area contributed by atoms with Crippen LogP contribution in [0.25, 0.3) is 0 Å². The van der Waals surface area contributed by atoms with E-state index in [4.69, 9.17) is 4.74 Å². The Bertz CT molecular complexity index is 385. The van der Waals surface area contributed by atoms with Crippen molar-refractivity contribution in [3.05, 3.63) is 11.6 Å². The molecule has 1 aliphatic heterocycles. The van der Waals surface area contributed by atoms with Crippen molar-refractivity contribution in [2.45, 2.75) is 38.7 Å². The van der Waals surface area contributed by atoms with Gasteiger partial charge in [0.1, 0.15) is 12.4 Å². The number of hydrogen-bond acceptors (Lipinski definition) is 3. The molecule has 0 aromatic rings. The maximum atomic E-state index is 11.7. The molecule has 0 aromatic heterocycles. The van der Waals surface area contributed by atoms with Gasteiger partial charge in [-0.15, -0.1) is 0 Å². The molecular formula is C14H18O3. The van der Waals surface area contributed by atoms with Crippen molar-refractivity contribution in [1.82, 2.24) is 0 Å². The summed E-state index contributed by atoms with van der Waals surface area (Å²) in [6.07, 6.45) is 7.71. The number of carbonyl (C=O) groups excluding carboxylic acids is 2. The van der Waals surface area contributed by atoms with Crippen LogP contribution in [0.1, 0.15) is 32.6 Å². The second kappa shape index (κ2) is 3.97. The van der Waals surface area contributed by atoms with Gasteiger partial charge in [0.05, 0.1) is 0 Å². The zero-order valence-electron chi connectivity index (χ0n) is 10.1. The summed E-state index contributed by atoms with van der Waals surface area (Å²) >= 11 is 0. The number of esters is 1. The highest BCUT2D eigenvalue weighted by atomic mass is 16.5. The van der Waals surface area contributed by atoms with Crippen LogP contribution >= 0.6 is 0 Å². The van der Waals surface area contributed by atoms with E-state index in [1.54, 1.807) is 0 Å². The van der Waals surface area contributed by atoms with Crippen molar-refractivity contribution in [3.63, 3.8) is 0 Å². The van der Waals surface area contributed by atoms with Gasteiger partial charge < -0.3 is 9.53 Å². The third kappa shape index (κ3) is 1.55. The van der Waals surface area contributed by atoms with Crippen LogP contribution < -0.4 is 0 Å². The monoisotopic (exact) mass is 234 g/mol. The van der Waals surface area contributed by atoms with E-state index < -0.39 is 0 Å². The quantitative estimate of drug-likeness (QED) is 0.515. The number of rotatable bonds is 1. The van der Waals surface area contributed by atoms with Gasteiger partial charge in [0.25, 0.3) is 0 Å². The van der Waals surface area contributed by atoms with Gasteiger partial charge in [-0.05, 0) is 31.6 Å². The summed E-state index contributed by atoms with van der Waals surface area (Å²) in [5, 5.41) is 0. The number of hydrogen-bond donors (Lipinski definition) is 0. The summed E-state index contributed by atoms with van der Waals surface area (Å²) in [6, 6.07) is 0. The SMILES string of the molecule is C[C@@H]1OC(=O)C2=C[C@H]3CCCC[C@H]3[C@H](C=O)[C@H]21. The second-order valence-electron chi connectivity index (χ2n) is 5.58. The molecule has 3 nitrogen and oxygen atoms in total. The minimum absolute atomic E-state index is 0.0123. The highest BCUT2D eigenvalue weighted by Gasteiger charge is 2.49. The minimum atomic E-state index is -0.196. The van der Waals surface area contributed by atoms with Gasteiger partial charge in [0.15, 0.2) is 0 Å². The first kappa shape index (κ1) is 11.0. The van der Waals surface area contributed by atoms with E-state index in [0.29, 0.717) is 11.8 Å². The number of fused-ring (bicyclic) bond motifs is 2. The average Bonchev–Trinajstić information content (AvgIpc) is 2.62. The Balaban J connectivity index is 2.01. The maximum Gasteiger partial charge on any atom is 0.334 e. The predicted molar refractivity (Wildman–Crippen MR) is 62.1 cm³/mol. The standard InChI is InChI=1S/C14H18O3/c1-8-13-11(14(16)17-8)6-9-4-2-3-5-10(9)12(13)7-15/h6-10,12-13H,2-5H2,1H3/t8-,9+,10+,12-,13-/m0/s1. The van der Waals surface area contributed by atoms with Crippen LogP contribution in [0, 0.1) is 23.7 Å². The fourth-order valence-corrected chi connectivity index (χ4v) is 3.95. The van der Waals surface area contributed by atoms with Crippen molar-refractivity contribution in [3.8, 4) is 0 Å². The molecule has 0 aromatic carbocycles. The van der Waals surface area contributed by atoms with E-state index in [1.807, 2.05) is 6.92 Å². The van der Waals surface area contributed by atoms with Crippen LogP contribution in [-0.2, 0) is 14.3 Å². The molecule has 17 heavy (non-hydrogen) atoms. The zero-order chi connectivity index (χ0) is 12.0. The largest absolute Gasteiger partial charge is 0.459 e. The summed E-state index contributed by atoms with van der Waals surface area (Å²) in [6.45, 7) is 1.91. The summed E-state index contributed by atoms with van der Waals surface area (Å²) < 4.78 is 5.28. The Morgan fingerprint density at radius 2 is 2.12 bits per heavy atom. The molecule has 92 valence electrons. The van der Waals surface area contributed by atoms with Gasteiger partial charge in [0.2, 0.25) is 0 Å². The predicted octanol–water partition coefficient (Wildman–Crippen LogP) is 2.11. The third-order valence-electron chi connectivity index (χ3n) is 4.73. The number of allylic oxidation sites excluding steroid dienone is 1. The van der Waals surface area contributed by atoms with Crippen LogP contribution in [-0.4, -0.2) is 18.4 Å². The Morgan fingerprint density at radius 3 is 2.88 bits per heavy atom. The molecule has 0 unspecified atom stereocenters. The first-order valence-electron chi connectivity index (χ1n) is 6.60. The normalized spacial score (nSPS) is 44.4. The van der Waals surface area contributed by atoms with Crippen molar-refractivity contribution in [2.75, 3.05) is 0 Å². The van der Waals surface area contributed by atoms with Crippen LogP contribution in [0.5, 0.6) is 0 Å². The molecule has 2 aliphatic carbocycles. The van der Waals surface area contributed by atoms with Crippen LogP contribution in [0.4, 0.5) is 0 Å². The molecular weight excluding hydrogens is 216 g/mol. The molecule has 2 fully saturated rings. The number of ether oxygens (including phenoxy) is 1. The maximum absolute atomic E-state index is 11.7. The van der Waals surface area contributed by atoms with Gasteiger partial charge in [-0.25, -0.2) is 4.79 Å². The Kier molecular flexibility index (Phi) is 2.57. The molecule has 3 aliphatic rings. The summed E-state index contributed by atoms with van der Waals surface area (Å²) in [4.78, 5) is 23.2. The van der Waals surface area contributed by atoms with Gasteiger partial charge in [-0.3, -0.25) is 0 Å². The lowest BCUT2D eigenvalue weighted by Crippen LogP contribution is -2.39. The molecule has 5 atom stereocenters. The zero-order valence-corrected chi connectivity index (χ0v) is 10.1. The van der Waals surface area contributed by atoms with Crippen molar-refractivity contribution >= 4 is 12.3 Å².